The Morgan fingerprint density at radius 1 is 1.16 bits per heavy atom. The highest BCUT2D eigenvalue weighted by Crippen LogP contribution is 2.19. The van der Waals surface area contributed by atoms with Crippen LogP contribution in [-0.4, -0.2) is 33.0 Å². The van der Waals surface area contributed by atoms with E-state index in [4.69, 9.17) is 0 Å². The normalized spacial score (nSPS) is 12.0. The van der Waals surface area contributed by atoms with Gasteiger partial charge in [0.2, 0.25) is 5.91 Å². The molecule has 31 heavy (non-hydrogen) atoms. The van der Waals surface area contributed by atoms with Crippen LogP contribution in [0.5, 0.6) is 0 Å². The maximum Gasteiger partial charge on any atom is 0.326 e. The van der Waals surface area contributed by atoms with Gasteiger partial charge in [0.25, 0.3) is 0 Å². The van der Waals surface area contributed by atoms with Gasteiger partial charge in [0.15, 0.2) is 0 Å². The van der Waals surface area contributed by atoms with Gasteiger partial charge < -0.3 is 15.4 Å². The summed E-state index contributed by atoms with van der Waals surface area (Å²) in [6.07, 6.45) is 2.50. The molecular formula is C23H20FN3O3S. The Bertz CT molecular complexity index is 1220. The van der Waals surface area contributed by atoms with Gasteiger partial charge in [-0.1, -0.05) is 30.3 Å². The summed E-state index contributed by atoms with van der Waals surface area (Å²) in [4.78, 5) is 31.7. The van der Waals surface area contributed by atoms with Crippen LogP contribution in [0.3, 0.4) is 0 Å². The zero-order valence-electron chi connectivity index (χ0n) is 16.5. The molecule has 0 unspecified atom stereocenters. The number of para-hydroxylation sites is 1. The molecule has 8 heteroatoms. The van der Waals surface area contributed by atoms with Crippen LogP contribution >= 0.6 is 11.3 Å². The van der Waals surface area contributed by atoms with Gasteiger partial charge in [-0.25, -0.2) is 14.2 Å². The molecular weight excluding hydrogens is 417 g/mol. The first-order valence-electron chi connectivity index (χ1n) is 9.73. The summed E-state index contributed by atoms with van der Waals surface area (Å²) in [5.74, 6) is -1.78. The number of aromatic nitrogens is 2. The van der Waals surface area contributed by atoms with Crippen LogP contribution in [0.25, 0.3) is 10.9 Å². The number of hydrogen-bond donors (Lipinski definition) is 3. The first-order valence-corrected chi connectivity index (χ1v) is 10.6. The summed E-state index contributed by atoms with van der Waals surface area (Å²) >= 11 is 1.42. The summed E-state index contributed by atoms with van der Waals surface area (Å²) in [6.45, 7) is 0. The summed E-state index contributed by atoms with van der Waals surface area (Å²) in [5, 5.41) is 15.7. The van der Waals surface area contributed by atoms with Crippen LogP contribution in [0.1, 0.15) is 21.8 Å². The quantitative estimate of drug-likeness (QED) is 0.392. The number of halogens is 1. The molecule has 6 nitrogen and oxygen atoms in total. The molecule has 0 spiro atoms. The van der Waals surface area contributed by atoms with Crippen molar-refractivity contribution in [1.29, 1.82) is 0 Å². The van der Waals surface area contributed by atoms with Crippen molar-refractivity contribution in [3.63, 3.8) is 0 Å². The number of aromatic amines is 1. The second kappa shape index (κ2) is 9.09. The zero-order chi connectivity index (χ0) is 21.8. The predicted octanol–water partition coefficient (Wildman–Crippen LogP) is 3.71. The Hall–Kier alpha value is -3.52. The first kappa shape index (κ1) is 20.7. The third-order valence-electron chi connectivity index (χ3n) is 4.94. The predicted molar refractivity (Wildman–Crippen MR) is 117 cm³/mol. The lowest BCUT2D eigenvalue weighted by molar-refractivity contribution is -0.141. The van der Waals surface area contributed by atoms with Gasteiger partial charge in [-0.05, 0) is 29.3 Å². The highest BCUT2D eigenvalue weighted by Gasteiger charge is 2.22. The van der Waals surface area contributed by atoms with Crippen LogP contribution in [0.4, 0.5) is 4.39 Å². The average molecular weight is 437 g/mol. The van der Waals surface area contributed by atoms with Crippen LogP contribution in [0.2, 0.25) is 0 Å². The molecule has 0 aliphatic heterocycles. The Labute approximate surface area is 181 Å². The molecule has 2 heterocycles. The Balaban J connectivity index is 1.38. The highest BCUT2D eigenvalue weighted by molar-refractivity contribution is 7.09. The molecule has 0 fully saturated rings. The SMILES string of the molecule is O=C(Cc1csc(Cc2ccc(F)cc2)n1)N[C@H](Cc1c[nH]c2ccccc12)C(=O)O. The second-order valence-corrected chi connectivity index (χ2v) is 8.18. The van der Waals surface area contributed by atoms with Crippen molar-refractivity contribution in [2.75, 3.05) is 0 Å². The van der Waals surface area contributed by atoms with Crippen molar-refractivity contribution < 1.29 is 19.1 Å². The molecule has 1 atom stereocenters. The number of hydrogen-bond acceptors (Lipinski definition) is 4. The minimum Gasteiger partial charge on any atom is -0.480 e. The summed E-state index contributed by atoms with van der Waals surface area (Å²) in [5.41, 5.74) is 3.26. The number of nitrogens with one attached hydrogen (secondary N) is 2. The first-order chi connectivity index (χ1) is 15.0. The number of thiazole rings is 1. The molecule has 2 aromatic heterocycles. The zero-order valence-corrected chi connectivity index (χ0v) is 17.3. The molecule has 0 saturated carbocycles. The lowest BCUT2D eigenvalue weighted by Gasteiger charge is -2.14. The molecule has 3 N–H and O–H groups in total. The topological polar surface area (TPSA) is 95.1 Å². The van der Waals surface area contributed by atoms with E-state index >= 15 is 0 Å². The van der Waals surface area contributed by atoms with E-state index in [2.05, 4.69) is 15.3 Å². The Morgan fingerprint density at radius 3 is 2.71 bits per heavy atom. The monoisotopic (exact) mass is 437 g/mol. The van der Waals surface area contributed by atoms with E-state index < -0.39 is 17.9 Å². The highest BCUT2D eigenvalue weighted by atomic mass is 32.1. The molecule has 2 aromatic carbocycles. The number of fused-ring (bicyclic) bond motifs is 1. The van der Waals surface area contributed by atoms with Crippen molar-refractivity contribution >= 4 is 34.1 Å². The van der Waals surface area contributed by atoms with Crippen LogP contribution in [0.15, 0.2) is 60.1 Å². The number of aliphatic carboxylic acids is 1. The minimum absolute atomic E-state index is 0.00240. The van der Waals surface area contributed by atoms with Crippen molar-refractivity contribution in [2.24, 2.45) is 0 Å². The van der Waals surface area contributed by atoms with E-state index in [9.17, 15) is 19.1 Å². The van der Waals surface area contributed by atoms with E-state index in [0.29, 0.717) is 12.1 Å². The van der Waals surface area contributed by atoms with Crippen molar-refractivity contribution in [1.82, 2.24) is 15.3 Å². The van der Waals surface area contributed by atoms with Gasteiger partial charge in [-0.2, -0.15) is 0 Å². The number of amides is 1. The molecule has 0 aliphatic rings. The number of rotatable bonds is 8. The average Bonchev–Trinajstić information content (AvgIpc) is 3.36. The molecule has 0 saturated heterocycles. The number of benzene rings is 2. The fraction of sp³-hybridized carbons (Fsp3) is 0.174. The minimum atomic E-state index is -1.09. The summed E-state index contributed by atoms with van der Waals surface area (Å²) in [6, 6.07) is 12.8. The lowest BCUT2D eigenvalue weighted by Crippen LogP contribution is -2.43. The number of carboxylic acid groups (broad SMARTS) is 1. The number of carbonyl (C=O) groups is 2. The van der Waals surface area contributed by atoms with Crippen molar-refractivity contribution in [3.8, 4) is 0 Å². The molecule has 0 aliphatic carbocycles. The van der Waals surface area contributed by atoms with E-state index in [1.807, 2.05) is 24.3 Å². The number of H-pyrrole nitrogens is 1. The largest absolute Gasteiger partial charge is 0.480 e. The van der Waals surface area contributed by atoms with Gasteiger partial charge in [-0.3, -0.25) is 4.79 Å². The maximum atomic E-state index is 13.0. The smallest absolute Gasteiger partial charge is 0.326 e. The van der Waals surface area contributed by atoms with Gasteiger partial charge >= 0.3 is 5.97 Å². The van der Waals surface area contributed by atoms with Crippen LogP contribution < -0.4 is 5.32 Å². The fourth-order valence-electron chi connectivity index (χ4n) is 3.42. The molecule has 1 amide bonds. The Kier molecular flexibility index (Phi) is 6.08. The Morgan fingerprint density at radius 2 is 1.94 bits per heavy atom. The summed E-state index contributed by atoms with van der Waals surface area (Å²) in [7, 11) is 0. The van der Waals surface area contributed by atoms with E-state index in [0.717, 1.165) is 27.0 Å². The van der Waals surface area contributed by atoms with E-state index in [-0.39, 0.29) is 18.7 Å². The van der Waals surface area contributed by atoms with Crippen molar-refractivity contribution in [2.45, 2.75) is 25.3 Å². The molecule has 0 radical (unpaired) electrons. The third-order valence-corrected chi connectivity index (χ3v) is 5.84. The second-order valence-electron chi connectivity index (χ2n) is 7.23. The third kappa shape index (κ3) is 5.16. The number of carbonyl (C=O) groups excluding carboxylic acids is 1. The number of carboxylic acids is 1. The van der Waals surface area contributed by atoms with E-state index in [1.165, 1.54) is 23.5 Å². The lowest BCUT2D eigenvalue weighted by atomic mass is 10.0. The molecule has 0 bridgehead atoms. The van der Waals surface area contributed by atoms with Crippen LogP contribution in [0, 0.1) is 5.82 Å². The molecule has 4 rings (SSSR count). The van der Waals surface area contributed by atoms with Gasteiger partial charge in [0.1, 0.15) is 11.9 Å². The van der Waals surface area contributed by atoms with Gasteiger partial charge in [0, 0.05) is 35.3 Å². The molecule has 4 aromatic rings. The molecule has 158 valence electrons. The van der Waals surface area contributed by atoms with Crippen molar-refractivity contribution in [3.05, 3.63) is 87.8 Å². The van der Waals surface area contributed by atoms with Crippen LogP contribution in [-0.2, 0) is 28.9 Å². The number of nitrogens with zero attached hydrogens (tertiary/aromatic N) is 1. The van der Waals surface area contributed by atoms with E-state index in [1.54, 1.807) is 23.7 Å². The maximum absolute atomic E-state index is 13.0. The van der Waals surface area contributed by atoms with Gasteiger partial charge in [-0.15, -0.1) is 11.3 Å². The van der Waals surface area contributed by atoms with Gasteiger partial charge in [0.05, 0.1) is 17.1 Å². The standard InChI is InChI=1S/C23H20FN3O3S/c24-16-7-5-14(6-8-16)9-22-26-17(13-31-22)11-21(28)27-20(23(29)30)10-15-12-25-19-4-2-1-3-18(15)19/h1-8,12-13,20,25H,9-11H2,(H,27,28)(H,29,30)/t20-/m1/s1. The fourth-order valence-corrected chi connectivity index (χ4v) is 4.25. The summed E-state index contributed by atoms with van der Waals surface area (Å²) < 4.78 is 13.0.